The number of carbonyl (C=O) groups is 3. The highest BCUT2D eigenvalue weighted by Gasteiger charge is 2.44. The van der Waals surface area contributed by atoms with Crippen LogP contribution in [0.25, 0.3) is 0 Å². The average molecular weight is 390 g/mol. The fraction of sp³-hybridized carbons (Fsp3) is 0.632. The van der Waals surface area contributed by atoms with Crippen molar-refractivity contribution in [2.45, 2.75) is 37.4 Å². The van der Waals surface area contributed by atoms with E-state index in [-0.39, 0.29) is 41.6 Å². The Balaban J connectivity index is 1.33. The van der Waals surface area contributed by atoms with E-state index >= 15 is 0 Å². The monoisotopic (exact) mass is 390 g/mol. The van der Waals surface area contributed by atoms with Gasteiger partial charge in [0.15, 0.2) is 5.76 Å². The summed E-state index contributed by atoms with van der Waals surface area (Å²) in [6.07, 6.45) is 3.16. The highest BCUT2D eigenvalue weighted by molar-refractivity contribution is 5.91. The number of furan rings is 1. The third-order valence-corrected chi connectivity index (χ3v) is 5.76. The second kappa shape index (κ2) is 8.32. The summed E-state index contributed by atoms with van der Waals surface area (Å²) in [4.78, 5) is 40.9. The van der Waals surface area contributed by atoms with Crippen LogP contribution in [0.3, 0.4) is 0 Å². The summed E-state index contributed by atoms with van der Waals surface area (Å²) in [6.45, 7) is 3.61. The number of hydrogen-bond donors (Lipinski definition) is 2. The predicted molar refractivity (Wildman–Crippen MR) is 98.5 cm³/mol. The van der Waals surface area contributed by atoms with Crippen LogP contribution >= 0.6 is 0 Å². The van der Waals surface area contributed by atoms with E-state index in [9.17, 15) is 14.4 Å². The van der Waals surface area contributed by atoms with E-state index in [1.54, 1.807) is 12.1 Å². The number of fused-ring (bicyclic) bond motifs is 1. The number of hydrogen-bond acceptors (Lipinski definition) is 6. The maximum absolute atomic E-state index is 12.4. The van der Waals surface area contributed by atoms with Crippen LogP contribution in [0.1, 0.15) is 29.8 Å². The molecule has 3 aliphatic rings. The fourth-order valence-corrected chi connectivity index (χ4v) is 4.27. The van der Waals surface area contributed by atoms with Crippen LogP contribution in [-0.4, -0.2) is 85.0 Å². The third-order valence-electron chi connectivity index (χ3n) is 5.76. The van der Waals surface area contributed by atoms with Crippen LogP contribution < -0.4 is 10.6 Å². The van der Waals surface area contributed by atoms with Gasteiger partial charge in [-0.1, -0.05) is 0 Å². The summed E-state index contributed by atoms with van der Waals surface area (Å²) in [5.41, 5.74) is 0. The van der Waals surface area contributed by atoms with Gasteiger partial charge in [0.05, 0.1) is 25.5 Å². The first kappa shape index (κ1) is 18.9. The Kier molecular flexibility index (Phi) is 5.63. The molecule has 9 nitrogen and oxygen atoms in total. The number of carbonyl (C=O) groups excluding carboxylic acids is 3. The first-order valence-electron chi connectivity index (χ1n) is 9.85. The number of piperazine rings is 1. The molecule has 2 N–H and O–H groups in total. The van der Waals surface area contributed by atoms with Crippen molar-refractivity contribution in [2.75, 3.05) is 39.4 Å². The molecular weight excluding hydrogens is 364 g/mol. The molecule has 3 amide bonds. The van der Waals surface area contributed by atoms with Crippen molar-refractivity contribution >= 4 is 17.7 Å². The Morgan fingerprint density at radius 1 is 1.29 bits per heavy atom. The normalized spacial score (nSPS) is 27.9. The summed E-state index contributed by atoms with van der Waals surface area (Å²) in [6, 6.07) is 2.99. The first-order chi connectivity index (χ1) is 13.6. The minimum Gasteiger partial charge on any atom is -0.459 e. The lowest BCUT2D eigenvalue weighted by atomic mass is 10.0. The quantitative estimate of drug-likeness (QED) is 0.708. The maximum Gasteiger partial charge on any atom is 0.287 e. The van der Waals surface area contributed by atoms with Crippen molar-refractivity contribution in [3.63, 3.8) is 0 Å². The minimum atomic E-state index is -0.269. The molecule has 0 spiro atoms. The molecule has 0 saturated carbocycles. The molecule has 4 rings (SSSR count). The lowest BCUT2D eigenvalue weighted by Crippen LogP contribution is -2.58. The van der Waals surface area contributed by atoms with E-state index in [4.69, 9.17) is 9.15 Å². The van der Waals surface area contributed by atoms with Gasteiger partial charge in [0.25, 0.3) is 5.91 Å². The van der Waals surface area contributed by atoms with Crippen LogP contribution in [0.5, 0.6) is 0 Å². The lowest BCUT2D eigenvalue weighted by Gasteiger charge is -2.37. The first-order valence-corrected chi connectivity index (χ1v) is 9.85. The van der Waals surface area contributed by atoms with Gasteiger partial charge in [-0.15, -0.1) is 0 Å². The molecule has 0 bridgehead atoms. The lowest BCUT2D eigenvalue weighted by molar-refractivity contribution is -0.136. The molecule has 1 aromatic heterocycles. The zero-order valence-corrected chi connectivity index (χ0v) is 15.8. The molecule has 4 heterocycles. The summed E-state index contributed by atoms with van der Waals surface area (Å²) in [5.74, 6) is 0.125. The molecule has 0 aromatic carbocycles. The third kappa shape index (κ3) is 4.05. The van der Waals surface area contributed by atoms with Crippen molar-refractivity contribution in [1.29, 1.82) is 0 Å². The van der Waals surface area contributed by atoms with Crippen LogP contribution in [-0.2, 0) is 14.3 Å². The summed E-state index contributed by atoms with van der Waals surface area (Å²) < 4.78 is 10.4. The van der Waals surface area contributed by atoms with Gasteiger partial charge in [0, 0.05) is 44.7 Å². The Hall–Kier alpha value is -2.39. The highest BCUT2D eigenvalue weighted by Crippen LogP contribution is 2.26. The van der Waals surface area contributed by atoms with Gasteiger partial charge >= 0.3 is 0 Å². The van der Waals surface area contributed by atoms with E-state index in [2.05, 4.69) is 15.5 Å². The Morgan fingerprint density at radius 2 is 2.11 bits per heavy atom. The smallest absolute Gasteiger partial charge is 0.287 e. The minimum absolute atomic E-state index is 0.00879. The topological polar surface area (TPSA) is 104 Å². The number of amides is 3. The largest absolute Gasteiger partial charge is 0.459 e. The van der Waals surface area contributed by atoms with Gasteiger partial charge in [-0.05, 0) is 25.0 Å². The molecule has 9 heteroatoms. The van der Waals surface area contributed by atoms with Gasteiger partial charge in [-0.3, -0.25) is 19.3 Å². The van der Waals surface area contributed by atoms with Gasteiger partial charge in [0.2, 0.25) is 11.8 Å². The summed E-state index contributed by atoms with van der Waals surface area (Å²) >= 11 is 0. The molecule has 3 aliphatic heterocycles. The number of morpholine rings is 1. The van der Waals surface area contributed by atoms with E-state index in [1.165, 1.54) is 6.26 Å². The molecule has 3 atom stereocenters. The van der Waals surface area contributed by atoms with Crippen LogP contribution in [0.2, 0.25) is 0 Å². The average Bonchev–Trinajstić information content (AvgIpc) is 3.38. The Bertz CT molecular complexity index is 716. The summed E-state index contributed by atoms with van der Waals surface area (Å²) in [5, 5.41) is 5.90. The van der Waals surface area contributed by atoms with E-state index in [1.807, 2.05) is 4.90 Å². The van der Waals surface area contributed by atoms with Crippen LogP contribution in [0.4, 0.5) is 0 Å². The fourth-order valence-electron chi connectivity index (χ4n) is 4.27. The molecule has 152 valence electrons. The molecule has 0 unspecified atom stereocenters. The van der Waals surface area contributed by atoms with Crippen molar-refractivity contribution in [3.8, 4) is 0 Å². The van der Waals surface area contributed by atoms with Crippen molar-refractivity contribution in [1.82, 2.24) is 20.4 Å². The maximum atomic E-state index is 12.4. The number of rotatable bonds is 5. The number of ether oxygens (including phenoxy) is 1. The van der Waals surface area contributed by atoms with Gasteiger partial charge < -0.3 is 24.7 Å². The van der Waals surface area contributed by atoms with E-state index in [0.29, 0.717) is 58.7 Å². The zero-order chi connectivity index (χ0) is 19.5. The van der Waals surface area contributed by atoms with Crippen molar-refractivity contribution in [2.24, 2.45) is 0 Å². The van der Waals surface area contributed by atoms with Gasteiger partial charge in [-0.2, -0.15) is 0 Å². The SMILES string of the molecule is O=C(N[C@H]1C[C@H]2C(=O)NC[C@@H](CCC(=O)N3CCOCC3)N2C1)c1ccco1. The second-order valence-corrected chi connectivity index (χ2v) is 7.53. The molecule has 3 saturated heterocycles. The Labute approximate surface area is 163 Å². The van der Waals surface area contributed by atoms with Crippen LogP contribution in [0, 0.1) is 0 Å². The molecule has 3 fully saturated rings. The van der Waals surface area contributed by atoms with E-state index < -0.39 is 0 Å². The predicted octanol–water partition coefficient (Wildman–Crippen LogP) is -0.410. The number of nitrogens with zero attached hydrogens (tertiary/aromatic N) is 2. The second-order valence-electron chi connectivity index (χ2n) is 7.53. The number of nitrogens with one attached hydrogen (secondary N) is 2. The molecule has 28 heavy (non-hydrogen) atoms. The highest BCUT2D eigenvalue weighted by atomic mass is 16.5. The molecular formula is C19H26N4O5. The Morgan fingerprint density at radius 3 is 2.86 bits per heavy atom. The van der Waals surface area contributed by atoms with Gasteiger partial charge in [0.1, 0.15) is 0 Å². The molecule has 1 aromatic rings. The van der Waals surface area contributed by atoms with Crippen molar-refractivity contribution < 1.29 is 23.5 Å². The van der Waals surface area contributed by atoms with Crippen LogP contribution in [0.15, 0.2) is 22.8 Å². The summed E-state index contributed by atoms with van der Waals surface area (Å²) in [7, 11) is 0. The zero-order valence-electron chi connectivity index (χ0n) is 15.8. The van der Waals surface area contributed by atoms with Gasteiger partial charge in [-0.25, -0.2) is 0 Å². The molecule has 0 radical (unpaired) electrons. The molecule has 0 aliphatic carbocycles. The van der Waals surface area contributed by atoms with E-state index in [0.717, 1.165) is 0 Å². The standard InChI is InChI=1S/C19H26N4O5/c24-17(22-5-8-27-9-6-22)4-3-14-11-20-18(25)15-10-13(12-23(14)15)21-19(26)16-2-1-7-28-16/h1-2,7,13-15H,3-6,8-12H2,(H,20,25)(H,21,26)/t13-,14+,15-/m0/s1. The van der Waals surface area contributed by atoms with Crippen molar-refractivity contribution in [3.05, 3.63) is 24.2 Å².